The second-order valence-electron chi connectivity index (χ2n) is 7.30. The van der Waals surface area contributed by atoms with E-state index >= 15 is 0 Å². The third-order valence-corrected chi connectivity index (χ3v) is 4.38. The molecule has 2 heterocycles. The van der Waals surface area contributed by atoms with Crippen LogP contribution in [0.2, 0.25) is 5.15 Å². The summed E-state index contributed by atoms with van der Waals surface area (Å²) in [6.07, 6.45) is 2.26. The zero-order valence-electron chi connectivity index (χ0n) is 13.6. The Hall–Kier alpha value is -1.09. The molecule has 116 valence electrons. The van der Waals surface area contributed by atoms with Gasteiger partial charge >= 0.3 is 0 Å². The molecule has 3 nitrogen and oxygen atoms in total. The molecule has 0 bridgehead atoms. The van der Waals surface area contributed by atoms with Crippen molar-refractivity contribution in [3.05, 3.63) is 28.5 Å². The maximum Gasteiger partial charge on any atom is 0.254 e. The topological polar surface area (TPSA) is 33.2 Å². The van der Waals surface area contributed by atoms with Crippen LogP contribution in [0.3, 0.4) is 0 Å². The third kappa shape index (κ3) is 3.76. The minimum absolute atomic E-state index is 0.0730. The van der Waals surface area contributed by atoms with Crippen LogP contribution >= 0.6 is 11.6 Å². The number of pyridine rings is 1. The number of halogens is 1. The van der Waals surface area contributed by atoms with Crippen LogP contribution in [-0.2, 0) is 5.41 Å². The fourth-order valence-electron chi connectivity index (χ4n) is 2.74. The van der Waals surface area contributed by atoms with Crippen LogP contribution in [0.1, 0.15) is 63.5 Å². The van der Waals surface area contributed by atoms with E-state index in [0.717, 1.165) is 18.7 Å². The first kappa shape index (κ1) is 16.3. The Kier molecular flexibility index (Phi) is 4.62. The van der Waals surface area contributed by atoms with Crippen LogP contribution in [0.15, 0.2) is 12.1 Å². The minimum Gasteiger partial charge on any atom is -0.336 e. The summed E-state index contributed by atoms with van der Waals surface area (Å²) < 4.78 is 0. The zero-order valence-corrected chi connectivity index (χ0v) is 14.4. The maximum absolute atomic E-state index is 12.8. The number of nitrogens with zero attached hydrogens (tertiary/aromatic N) is 2. The van der Waals surface area contributed by atoms with Gasteiger partial charge in [-0.2, -0.15) is 0 Å². The predicted molar refractivity (Wildman–Crippen MR) is 86.8 cm³/mol. The van der Waals surface area contributed by atoms with Crippen LogP contribution in [0.4, 0.5) is 0 Å². The fraction of sp³-hybridized carbons (Fsp3) is 0.647. The summed E-state index contributed by atoms with van der Waals surface area (Å²) in [5.74, 6) is 0.633. The molecule has 0 radical (unpaired) electrons. The predicted octanol–water partition coefficient (Wildman–Crippen LogP) is 4.29. The lowest BCUT2D eigenvalue weighted by atomic mass is 9.90. The molecule has 2 atom stereocenters. The summed E-state index contributed by atoms with van der Waals surface area (Å²) >= 11 is 6.12. The molecule has 1 fully saturated rings. The molecule has 2 rings (SSSR count). The molecule has 1 saturated heterocycles. The molecule has 1 aliphatic rings. The van der Waals surface area contributed by atoms with Crippen LogP contribution in [0.25, 0.3) is 0 Å². The van der Waals surface area contributed by atoms with Crippen LogP contribution in [0.5, 0.6) is 0 Å². The monoisotopic (exact) mass is 308 g/mol. The number of hydrogen-bond donors (Lipinski definition) is 0. The van der Waals surface area contributed by atoms with Crippen molar-refractivity contribution in [2.75, 3.05) is 6.54 Å². The number of rotatable bonds is 1. The number of carbonyl (C=O) groups is 1. The molecule has 0 saturated carbocycles. The van der Waals surface area contributed by atoms with Crippen molar-refractivity contribution >= 4 is 17.5 Å². The van der Waals surface area contributed by atoms with E-state index in [9.17, 15) is 4.79 Å². The molecule has 1 aromatic rings. The Morgan fingerprint density at radius 2 is 1.95 bits per heavy atom. The number of piperidine rings is 1. The molecular weight excluding hydrogens is 284 g/mol. The van der Waals surface area contributed by atoms with Gasteiger partial charge in [-0.25, -0.2) is 4.98 Å². The van der Waals surface area contributed by atoms with E-state index in [1.54, 1.807) is 6.07 Å². The van der Waals surface area contributed by atoms with E-state index in [1.165, 1.54) is 6.42 Å². The summed E-state index contributed by atoms with van der Waals surface area (Å²) in [6, 6.07) is 3.87. The largest absolute Gasteiger partial charge is 0.336 e. The summed E-state index contributed by atoms with van der Waals surface area (Å²) in [5, 5.41) is 0.392. The van der Waals surface area contributed by atoms with Crippen LogP contribution in [0, 0.1) is 5.92 Å². The van der Waals surface area contributed by atoms with E-state index in [-0.39, 0.29) is 11.3 Å². The SMILES string of the molecule is CC1CCC(C)N(C(=O)c2cc(Cl)nc(C(C)(C)C)c2)C1. The van der Waals surface area contributed by atoms with Gasteiger partial charge in [-0.05, 0) is 37.8 Å². The van der Waals surface area contributed by atoms with Gasteiger partial charge in [0.1, 0.15) is 5.15 Å². The first-order chi connectivity index (χ1) is 9.68. The van der Waals surface area contributed by atoms with Crippen molar-refractivity contribution in [3.8, 4) is 0 Å². The average molecular weight is 309 g/mol. The minimum atomic E-state index is -0.124. The quantitative estimate of drug-likeness (QED) is 0.725. The first-order valence-electron chi connectivity index (χ1n) is 7.67. The van der Waals surface area contributed by atoms with Crippen LogP contribution in [-0.4, -0.2) is 28.4 Å². The van der Waals surface area contributed by atoms with Gasteiger partial charge in [-0.1, -0.05) is 39.3 Å². The maximum atomic E-state index is 12.8. The highest BCUT2D eigenvalue weighted by molar-refractivity contribution is 6.29. The Balaban J connectivity index is 2.32. The lowest BCUT2D eigenvalue weighted by Crippen LogP contribution is -2.45. The lowest BCUT2D eigenvalue weighted by molar-refractivity contribution is 0.0573. The normalized spacial score (nSPS) is 23.2. The molecule has 1 amide bonds. The smallest absolute Gasteiger partial charge is 0.254 e. The molecule has 0 aromatic carbocycles. The number of carbonyl (C=O) groups excluding carboxylic acids is 1. The molecular formula is C17H25ClN2O. The Labute approximate surface area is 132 Å². The highest BCUT2D eigenvalue weighted by Crippen LogP contribution is 2.27. The first-order valence-corrected chi connectivity index (χ1v) is 8.05. The Morgan fingerprint density at radius 1 is 1.29 bits per heavy atom. The van der Waals surface area contributed by atoms with Gasteiger partial charge in [0, 0.05) is 29.3 Å². The zero-order chi connectivity index (χ0) is 15.8. The molecule has 1 aromatic heterocycles. The van der Waals surface area contributed by atoms with E-state index in [0.29, 0.717) is 22.7 Å². The van der Waals surface area contributed by atoms with Gasteiger partial charge in [0.15, 0.2) is 0 Å². The summed E-state index contributed by atoms with van der Waals surface area (Å²) in [6.45, 7) is 11.4. The summed E-state index contributed by atoms with van der Waals surface area (Å²) in [5.41, 5.74) is 1.39. The van der Waals surface area contributed by atoms with Crippen molar-refractivity contribution in [1.29, 1.82) is 0 Å². The fourth-order valence-corrected chi connectivity index (χ4v) is 2.95. The Bertz CT molecular complexity index is 536. The highest BCUT2D eigenvalue weighted by Gasteiger charge is 2.28. The summed E-state index contributed by atoms with van der Waals surface area (Å²) in [4.78, 5) is 19.2. The van der Waals surface area contributed by atoms with Crippen molar-refractivity contribution in [1.82, 2.24) is 9.88 Å². The van der Waals surface area contributed by atoms with E-state index in [2.05, 4.69) is 39.6 Å². The Morgan fingerprint density at radius 3 is 2.57 bits per heavy atom. The van der Waals surface area contributed by atoms with Crippen molar-refractivity contribution in [2.24, 2.45) is 5.92 Å². The van der Waals surface area contributed by atoms with Crippen molar-refractivity contribution in [3.63, 3.8) is 0 Å². The van der Waals surface area contributed by atoms with Crippen molar-refractivity contribution in [2.45, 2.75) is 58.9 Å². The third-order valence-electron chi connectivity index (χ3n) is 4.19. The van der Waals surface area contributed by atoms with Gasteiger partial charge in [-0.15, -0.1) is 0 Å². The van der Waals surface area contributed by atoms with Gasteiger partial charge in [0.2, 0.25) is 0 Å². The molecule has 4 heteroatoms. The van der Waals surface area contributed by atoms with Crippen molar-refractivity contribution < 1.29 is 4.79 Å². The average Bonchev–Trinajstić information content (AvgIpc) is 2.39. The molecule has 2 unspecified atom stereocenters. The van der Waals surface area contributed by atoms with Gasteiger partial charge in [-0.3, -0.25) is 4.79 Å². The number of hydrogen-bond acceptors (Lipinski definition) is 2. The molecule has 0 N–H and O–H groups in total. The summed E-state index contributed by atoms with van der Waals surface area (Å²) in [7, 11) is 0. The lowest BCUT2D eigenvalue weighted by Gasteiger charge is -2.37. The molecule has 21 heavy (non-hydrogen) atoms. The second kappa shape index (κ2) is 5.96. The molecule has 0 spiro atoms. The highest BCUT2D eigenvalue weighted by atomic mass is 35.5. The number of likely N-dealkylation sites (tertiary alicyclic amines) is 1. The molecule has 1 aliphatic heterocycles. The van der Waals surface area contributed by atoms with Gasteiger partial charge < -0.3 is 4.90 Å². The second-order valence-corrected chi connectivity index (χ2v) is 7.69. The standard InChI is InChI=1S/C17H25ClN2O/c1-11-6-7-12(2)20(10-11)16(21)13-8-14(17(3,4)5)19-15(18)9-13/h8-9,11-12H,6-7,10H2,1-5H3. The van der Waals surface area contributed by atoms with Gasteiger partial charge in [0.05, 0.1) is 0 Å². The van der Waals surface area contributed by atoms with E-state index in [4.69, 9.17) is 11.6 Å². The van der Waals surface area contributed by atoms with Crippen LogP contribution < -0.4 is 0 Å². The molecule has 0 aliphatic carbocycles. The van der Waals surface area contributed by atoms with E-state index < -0.39 is 0 Å². The number of aromatic nitrogens is 1. The number of amides is 1. The van der Waals surface area contributed by atoms with Gasteiger partial charge in [0.25, 0.3) is 5.91 Å². The van der Waals surface area contributed by atoms with E-state index in [1.807, 2.05) is 11.0 Å².